The first-order chi connectivity index (χ1) is 12.2. The lowest BCUT2D eigenvalue weighted by Crippen LogP contribution is -1.98. The summed E-state index contributed by atoms with van der Waals surface area (Å²) < 4.78 is 7.55. The zero-order chi connectivity index (χ0) is 17.6. The number of rotatable bonds is 6. The molecule has 3 rings (SSSR count). The lowest BCUT2D eigenvalue weighted by molar-refractivity contribution is 0.307. The number of hydrogen-bond donors (Lipinski definition) is 0. The van der Waals surface area contributed by atoms with E-state index in [4.69, 9.17) is 4.74 Å². The molecule has 0 bridgehead atoms. The first-order valence-corrected chi connectivity index (χ1v) is 8.52. The Balaban J connectivity index is 1.93. The van der Waals surface area contributed by atoms with Crippen molar-refractivity contribution in [2.45, 2.75) is 26.7 Å². The molecule has 4 nitrogen and oxygen atoms in total. The van der Waals surface area contributed by atoms with E-state index < -0.39 is 0 Å². The van der Waals surface area contributed by atoms with Gasteiger partial charge in [-0.15, -0.1) is 0 Å². The number of aromatic nitrogens is 2. The second-order valence-corrected chi connectivity index (χ2v) is 5.97. The van der Waals surface area contributed by atoms with Gasteiger partial charge in [0.1, 0.15) is 17.5 Å². The Bertz CT molecular complexity index is 891. The minimum absolute atomic E-state index is 0.558. The van der Waals surface area contributed by atoms with E-state index in [0.29, 0.717) is 11.3 Å². The quantitative estimate of drug-likeness (QED) is 0.604. The Kier molecular flexibility index (Phi) is 5.15. The highest BCUT2D eigenvalue weighted by Crippen LogP contribution is 2.28. The van der Waals surface area contributed by atoms with Crippen LogP contribution in [-0.2, 0) is 0 Å². The third-order valence-corrected chi connectivity index (χ3v) is 4.06. The number of para-hydroxylation sites is 1. The fourth-order valence-corrected chi connectivity index (χ4v) is 2.67. The van der Waals surface area contributed by atoms with E-state index in [1.54, 1.807) is 10.9 Å². The fraction of sp³-hybridized carbons (Fsp3) is 0.238. The average Bonchev–Trinajstić information content (AvgIpc) is 3.08. The molecule has 1 heterocycles. The third kappa shape index (κ3) is 3.72. The van der Waals surface area contributed by atoms with Crippen LogP contribution in [0.2, 0.25) is 0 Å². The van der Waals surface area contributed by atoms with E-state index >= 15 is 0 Å². The second kappa shape index (κ2) is 7.67. The van der Waals surface area contributed by atoms with E-state index in [1.165, 1.54) is 0 Å². The lowest BCUT2D eigenvalue weighted by atomic mass is 10.1. The molecule has 0 amide bonds. The largest absolute Gasteiger partial charge is 0.493 e. The lowest BCUT2D eigenvalue weighted by Gasteiger charge is -2.09. The van der Waals surface area contributed by atoms with Gasteiger partial charge in [-0.25, -0.2) is 4.68 Å². The Labute approximate surface area is 148 Å². The van der Waals surface area contributed by atoms with Gasteiger partial charge in [-0.1, -0.05) is 31.5 Å². The van der Waals surface area contributed by atoms with Gasteiger partial charge in [-0.3, -0.25) is 0 Å². The van der Waals surface area contributed by atoms with Crippen molar-refractivity contribution in [2.24, 2.45) is 0 Å². The molecule has 0 N–H and O–H groups in total. The summed E-state index contributed by atoms with van der Waals surface area (Å²) >= 11 is 0. The maximum absolute atomic E-state index is 9.48. The smallest absolute Gasteiger partial charge is 0.122 e. The highest BCUT2D eigenvalue weighted by atomic mass is 16.5. The normalized spacial score (nSPS) is 10.4. The van der Waals surface area contributed by atoms with Crippen LogP contribution in [0.3, 0.4) is 0 Å². The second-order valence-electron chi connectivity index (χ2n) is 5.97. The van der Waals surface area contributed by atoms with Crippen LogP contribution in [0.1, 0.15) is 30.9 Å². The SMILES string of the molecule is CCCCOc1ccc(-c2nn(-c3ccccc3)cc2C#N)cc1C. The molecule has 0 atom stereocenters. The molecule has 3 aromatic rings. The van der Waals surface area contributed by atoms with Gasteiger partial charge in [0.2, 0.25) is 0 Å². The van der Waals surface area contributed by atoms with Crippen LogP contribution in [0.15, 0.2) is 54.7 Å². The average molecular weight is 331 g/mol. The Morgan fingerprint density at radius 3 is 2.64 bits per heavy atom. The van der Waals surface area contributed by atoms with Crippen LogP contribution in [0.5, 0.6) is 5.75 Å². The molecule has 2 aromatic carbocycles. The standard InChI is InChI=1S/C21H21N3O/c1-3-4-12-25-20-11-10-17(13-16(20)2)21-18(14-22)15-24(23-21)19-8-6-5-7-9-19/h5-11,13,15H,3-4,12H2,1-2H3. The molecule has 4 heteroatoms. The highest BCUT2D eigenvalue weighted by Gasteiger charge is 2.13. The number of benzene rings is 2. The molecular weight excluding hydrogens is 310 g/mol. The number of unbranched alkanes of at least 4 members (excludes halogenated alkanes) is 1. The Morgan fingerprint density at radius 2 is 1.96 bits per heavy atom. The van der Waals surface area contributed by atoms with Crippen LogP contribution in [-0.4, -0.2) is 16.4 Å². The summed E-state index contributed by atoms with van der Waals surface area (Å²) in [7, 11) is 0. The van der Waals surface area contributed by atoms with Gasteiger partial charge in [0.15, 0.2) is 0 Å². The molecule has 0 aliphatic carbocycles. The summed E-state index contributed by atoms with van der Waals surface area (Å²) in [5.74, 6) is 0.887. The minimum Gasteiger partial charge on any atom is -0.493 e. The summed E-state index contributed by atoms with van der Waals surface area (Å²) in [6, 6.07) is 18.0. The van der Waals surface area contributed by atoms with Gasteiger partial charge in [-0.2, -0.15) is 10.4 Å². The topological polar surface area (TPSA) is 50.8 Å². The molecule has 0 saturated carbocycles. The Morgan fingerprint density at radius 1 is 1.16 bits per heavy atom. The van der Waals surface area contributed by atoms with Crippen molar-refractivity contribution < 1.29 is 4.74 Å². The predicted molar refractivity (Wildman–Crippen MR) is 98.9 cm³/mol. The summed E-state index contributed by atoms with van der Waals surface area (Å²) in [6.45, 7) is 4.89. The number of ether oxygens (including phenoxy) is 1. The van der Waals surface area contributed by atoms with Crippen LogP contribution in [0.25, 0.3) is 16.9 Å². The van der Waals surface area contributed by atoms with Gasteiger partial charge in [0.05, 0.1) is 17.9 Å². The molecule has 1 aromatic heterocycles. The van der Waals surface area contributed by atoms with Crippen molar-refractivity contribution in [3.05, 3.63) is 65.9 Å². The number of nitriles is 1. The monoisotopic (exact) mass is 331 g/mol. The van der Waals surface area contributed by atoms with Gasteiger partial charge < -0.3 is 4.74 Å². The molecule has 0 aliphatic rings. The predicted octanol–water partition coefficient (Wildman–Crippen LogP) is 4.90. The van der Waals surface area contributed by atoms with Gasteiger partial charge in [-0.05, 0) is 49.2 Å². The Hall–Kier alpha value is -3.06. The van der Waals surface area contributed by atoms with Crippen molar-refractivity contribution in [2.75, 3.05) is 6.61 Å². The van der Waals surface area contributed by atoms with Gasteiger partial charge >= 0.3 is 0 Å². The van der Waals surface area contributed by atoms with Gasteiger partial charge in [0, 0.05) is 11.8 Å². The van der Waals surface area contributed by atoms with Crippen molar-refractivity contribution >= 4 is 0 Å². The molecule has 25 heavy (non-hydrogen) atoms. The fourth-order valence-electron chi connectivity index (χ4n) is 2.67. The van der Waals surface area contributed by atoms with Crippen molar-refractivity contribution in [3.8, 4) is 28.8 Å². The van der Waals surface area contributed by atoms with E-state index in [1.807, 2.05) is 55.5 Å². The van der Waals surface area contributed by atoms with E-state index in [2.05, 4.69) is 18.1 Å². The van der Waals surface area contributed by atoms with Crippen molar-refractivity contribution in [3.63, 3.8) is 0 Å². The van der Waals surface area contributed by atoms with Crippen LogP contribution in [0.4, 0.5) is 0 Å². The van der Waals surface area contributed by atoms with Gasteiger partial charge in [0.25, 0.3) is 0 Å². The van der Waals surface area contributed by atoms with Crippen molar-refractivity contribution in [1.82, 2.24) is 9.78 Å². The molecule has 0 unspecified atom stereocenters. The summed E-state index contributed by atoms with van der Waals surface area (Å²) in [5, 5.41) is 14.1. The van der Waals surface area contributed by atoms with Crippen LogP contribution >= 0.6 is 0 Å². The molecule has 0 aliphatic heterocycles. The van der Waals surface area contributed by atoms with E-state index in [9.17, 15) is 5.26 Å². The summed E-state index contributed by atoms with van der Waals surface area (Å²) in [4.78, 5) is 0. The van der Waals surface area contributed by atoms with Crippen molar-refractivity contribution in [1.29, 1.82) is 5.26 Å². The molecule has 0 fully saturated rings. The van der Waals surface area contributed by atoms with Crippen LogP contribution < -0.4 is 4.74 Å². The zero-order valence-electron chi connectivity index (χ0n) is 14.6. The van der Waals surface area contributed by atoms with E-state index in [0.717, 1.165) is 42.0 Å². The molecular formula is C21H21N3O. The highest BCUT2D eigenvalue weighted by molar-refractivity contribution is 5.68. The third-order valence-electron chi connectivity index (χ3n) is 4.06. The van der Waals surface area contributed by atoms with Crippen LogP contribution in [0, 0.1) is 18.3 Å². The minimum atomic E-state index is 0.558. The van der Waals surface area contributed by atoms with E-state index in [-0.39, 0.29) is 0 Å². The maximum atomic E-state index is 9.48. The number of nitrogens with zero attached hydrogens (tertiary/aromatic N) is 3. The molecule has 0 spiro atoms. The zero-order valence-corrected chi connectivity index (χ0v) is 14.6. The summed E-state index contributed by atoms with van der Waals surface area (Å²) in [5.41, 5.74) is 4.15. The molecule has 126 valence electrons. The first kappa shape index (κ1) is 16.8. The first-order valence-electron chi connectivity index (χ1n) is 8.52. The number of hydrogen-bond acceptors (Lipinski definition) is 3. The molecule has 0 saturated heterocycles. The molecule has 0 radical (unpaired) electrons. The number of aryl methyl sites for hydroxylation is 1. The summed E-state index contributed by atoms with van der Waals surface area (Å²) in [6.07, 6.45) is 3.92. The maximum Gasteiger partial charge on any atom is 0.122 e.